The van der Waals surface area contributed by atoms with Crippen molar-refractivity contribution in [2.45, 2.75) is 52.1 Å². The lowest BCUT2D eigenvalue weighted by Gasteiger charge is -2.40. The smallest absolute Gasteiger partial charge is 0.254 e. The Morgan fingerprint density at radius 3 is 2.59 bits per heavy atom. The van der Waals surface area contributed by atoms with Crippen molar-refractivity contribution >= 4 is 5.91 Å². The fourth-order valence-corrected chi connectivity index (χ4v) is 4.23. The third-order valence-electron chi connectivity index (χ3n) is 5.89. The molecule has 4 heteroatoms. The van der Waals surface area contributed by atoms with Gasteiger partial charge in [-0.05, 0) is 32.4 Å². The van der Waals surface area contributed by atoms with Crippen LogP contribution in [0.25, 0.3) is 0 Å². The van der Waals surface area contributed by atoms with Crippen molar-refractivity contribution < 1.29 is 4.79 Å². The Morgan fingerprint density at radius 2 is 1.89 bits per heavy atom. The number of hydrogen-bond acceptors (Lipinski definition) is 3. The molecular formula is C23H35N3O. The first kappa shape index (κ1) is 20.1. The van der Waals surface area contributed by atoms with Crippen LogP contribution in [0.15, 0.2) is 47.1 Å². The maximum atomic E-state index is 13.1. The second-order valence-electron chi connectivity index (χ2n) is 8.17. The molecule has 0 saturated carbocycles. The van der Waals surface area contributed by atoms with E-state index in [4.69, 9.17) is 0 Å². The molecule has 27 heavy (non-hydrogen) atoms. The summed E-state index contributed by atoms with van der Waals surface area (Å²) in [6.07, 6.45) is 14.6. The van der Waals surface area contributed by atoms with Crippen LogP contribution in [0.5, 0.6) is 0 Å². The molecule has 4 rings (SSSR count). The van der Waals surface area contributed by atoms with Crippen LogP contribution in [0, 0.1) is 0 Å². The number of rotatable bonds is 1. The zero-order chi connectivity index (χ0) is 19.4. The molecule has 1 aliphatic carbocycles. The number of amides is 1. The predicted molar refractivity (Wildman–Crippen MR) is 113 cm³/mol. The van der Waals surface area contributed by atoms with Gasteiger partial charge in [-0.1, -0.05) is 56.2 Å². The minimum Gasteiger partial charge on any atom is -0.336 e. The number of nitrogens with zero attached hydrogens (tertiary/aromatic N) is 3. The SMILES string of the molecule is CC1CCC2=CC3C(=CC=C2)C(C(=O)N2CCN(C)CC2)=CCN13.CCC. The average Bonchev–Trinajstić information content (AvgIpc) is 2.97. The van der Waals surface area contributed by atoms with Crippen molar-refractivity contribution in [2.24, 2.45) is 0 Å². The Labute approximate surface area is 164 Å². The lowest BCUT2D eigenvalue weighted by Crippen LogP contribution is -2.50. The van der Waals surface area contributed by atoms with Crippen molar-refractivity contribution in [3.63, 3.8) is 0 Å². The molecule has 0 aromatic carbocycles. The van der Waals surface area contributed by atoms with Gasteiger partial charge < -0.3 is 9.80 Å². The topological polar surface area (TPSA) is 26.8 Å². The lowest BCUT2D eigenvalue weighted by atomic mass is 9.90. The largest absolute Gasteiger partial charge is 0.336 e. The first-order chi connectivity index (χ1) is 13.0. The summed E-state index contributed by atoms with van der Waals surface area (Å²) in [5.41, 5.74) is 3.52. The van der Waals surface area contributed by atoms with Crippen LogP contribution in [-0.2, 0) is 4.79 Å². The van der Waals surface area contributed by atoms with E-state index in [1.807, 2.05) is 4.90 Å². The number of carbonyl (C=O) groups excluding carboxylic acids is 1. The lowest BCUT2D eigenvalue weighted by molar-refractivity contribution is -0.128. The van der Waals surface area contributed by atoms with Crippen LogP contribution in [0.1, 0.15) is 40.0 Å². The molecule has 2 bridgehead atoms. The van der Waals surface area contributed by atoms with Crippen molar-refractivity contribution in [3.05, 3.63) is 47.1 Å². The van der Waals surface area contributed by atoms with E-state index in [9.17, 15) is 4.79 Å². The molecule has 0 radical (unpaired) electrons. The van der Waals surface area contributed by atoms with Crippen LogP contribution < -0.4 is 0 Å². The second-order valence-corrected chi connectivity index (χ2v) is 8.17. The van der Waals surface area contributed by atoms with Gasteiger partial charge in [-0.25, -0.2) is 0 Å². The zero-order valence-corrected chi connectivity index (χ0v) is 17.4. The summed E-state index contributed by atoms with van der Waals surface area (Å²) in [7, 11) is 2.12. The van der Waals surface area contributed by atoms with Crippen LogP contribution in [0.4, 0.5) is 0 Å². The fourth-order valence-electron chi connectivity index (χ4n) is 4.23. The molecule has 0 N–H and O–H groups in total. The Bertz CT molecular complexity index is 665. The highest BCUT2D eigenvalue weighted by Gasteiger charge is 2.36. The maximum absolute atomic E-state index is 13.1. The summed E-state index contributed by atoms with van der Waals surface area (Å²) in [4.78, 5) is 20.0. The molecule has 1 amide bonds. The molecule has 2 unspecified atom stereocenters. The third-order valence-corrected chi connectivity index (χ3v) is 5.89. The van der Waals surface area contributed by atoms with Gasteiger partial charge in [0.05, 0.1) is 6.04 Å². The van der Waals surface area contributed by atoms with Gasteiger partial charge in [-0.3, -0.25) is 9.69 Å². The van der Waals surface area contributed by atoms with E-state index in [1.165, 1.54) is 24.0 Å². The Hall–Kier alpha value is -1.65. The monoisotopic (exact) mass is 369 g/mol. The van der Waals surface area contributed by atoms with Gasteiger partial charge in [-0.15, -0.1) is 0 Å². The van der Waals surface area contributed by atoms with Gasteiger partial charge in [-0.2, -0.15) is 0 Å². The Morgan fingerprint density at radius 1 is 1.19 bits per heavy atom. The molecule has 148 valence electrons. The highest BCUT2D eigenvalue weighted by molar-refractivity contribution is 5.99. The summed E-state index contributed by atoms with van der Waals surface area (Å²) in [5, 5.41) is 0. The van der Waals surface area contributed by atoms with Crippen LogP contribution in [0.3, 0.4) is 0 Å². The van der Waals surface area contributed by atoms with E-state index in [1.54, 1.807) is 0 Å². The van der Waals surface area contributed by atoms with Crippen molar-refractivity contribution in [3.8, 4) is 0 Å². The van der Waals surface area contributed by atoms with E-state index in [0.717, 1.165) is 44.7 Å². The standard InChI is InChI=1S/C20H27N3O.C3H8/c1-15-6-7-16-4-3-5-17-18(8-9-23(15)19(17)14-16)20(24)22-12-10-21(2)11-13-22;1-3-2/h3-5,8,14-15,19H,6-7,9-13H2,1-2H3;3H2,1-2H3. The molecule has 1 saturated heterocycles. The third kappa shape index (κ3) is 4.44. The molecule has 4 nitrogen and oxygen atoms in total. The first-order valence-electron chi connectivity index (χ1n) is 10.6. The van der Waals surface area contributed by atoms with E-state index < -0.39 is 0 Å². The molecule has 3 aliphatic heterocycles. The van der Waals surface area contributed by atoms with Crippen molar-refractivity contribution in [2.75, 3.05) is 39.8 Å². The molecule has 0 aromatic heterocycles. The fraction of sp³-hybridized carbons (Fsp3) is 0.609. The number of carbonyl (C=O) groups is 1. The van der Waals surface area contributed by atoms with Crippen LogP contribution in [0.2, 0.25) is 0 Å². The van der Waals surface area contributed by atoms with Gasteiger partial charge in [0.15, 0.2) is 0 Å². The van der Waals surface area contributed by atoms with Crippen molar-refractivity contribution in [1.29, 1.82) is 0 Å². The Balaban J connectivity index is 0.000000659. The molecule has 1 fully saturated rings. The molecule has 0 spiro atoms. The van der Waals surface area contributed by atoms with E-state index >= 15 is 0 Å². The van der Waals surface area contributed by atoms with E-state index in [2.05, 4.69) is 68.0 Å². The molecule has 3 heterocycles. The molecule has 2 atom stereocenters. The van der Waals surface area contributed by atoms with Gasteiger partial charge in [0, 0.05) is 44.3 Å². The summed E-state index contributed by atoms with van der Waals surface area (Å²) < 4.78 is 0. The van der Waals surface area contributed by atoms with Gasteiger partial charge >= 0.3 is 0 Å². The quantitative estimate of drug-likeness (QED) is 0.709. The minimum absolute atomic E-state index is 0.219. The summed E-state index contributed by atoms with van der Waals surface area (Å²) >= 11 is 0. The summed E-state index contributed by atoms with van der Waals surface area (Å²) in [6, 6.07) is 0.805. The zero-order valence-electron chi connectivity index (χ0n) is 17.4. The summed E-state index contributed by atoms with van der Waals surface area (Å²) in [5.74, 6) is 0.219. The summed E-state index contributed by atoms with van der Waals surface area (Å²) in [6.45, 7) is 11.0. The number of allylic oxidation sites excluding steroid dienone is 4. The number of likely N-dealkylation sites (N-methyl/N-ethyl adjacent to an activating group) is 1. The maximum Gasteiger partial charge on any atom is 0.254 e. The predicted octanol–water partition coefficient (Wildman–Crippen LogP) is 3.39. The van der Waals surface area contributed by atoms with E-state index in [-0.39, 0.29) is 11.9 Å². The van der Waals surface area contributed by atoms with Crippen LogP contribution >= 0.6 is 0 Å². The first-order valence-corrected chi connectivity index (χ1v) is 10.6. The van der Waals surface area contributed by atoms with Gasteiger partial charge in [0.1, 0.15) is 0 Å². The van der Waals surface area contributed by atoms with Crippen LogP contribution in [-0.4, -0.2) is 72.5 Å². The molecular weight excluding hydrogens is 334 g/mol. The minimum atomic E-state index is 0.219. The highest BCUT2D eigenvalue weighted by atomic mass is 16.2. The highest BCUT2D eigenvalue weighted by Crippen LogP contribution is 2.35. The number of piperazine rings is 1. The normalized spacial score (nSPS) is 28.1. The average molecular weight is 370 g/mol. The van der Waals surface area contributed by atoms with E-state index in [0.29, 0.717) is 6.04 Å². The van der Waals surface area contributed by atoms with Gasteiger partial charge in [0.2, 0.25) is 0 Å². The van der Waals surface area contributed by atoms with Crippen molar-refractivity contribution in [1.82, 2.24) is 14.7 Å². The molecule has 4 aliphatic rings. The van der Waals surface area contributed by atoms with Gasteiger partial charge in [0.25, 0.3) is 5.91 Å². The Kier molecular flexibility index (Phi) is 6.72. The molecule has 0 aromatic rings. The number of hydrogen-bond donors (Lipinski definition) is 0. The second kappa shape index (κ2) is 9.03.